The summed E-state index contributed by atoms with van der Waals surface area (Å²) < 4.78 is 16.0. The zero-order valence-electron chi connectivity index (χ0n) is 32.5. The van der Waals surface area contributed by atoms with Crippen molar-refractivity contribution in [2.75, 3.05) is 0 Å². The van der Waals surface area contributed by atoms with Crippen LogP contribution in [-0.4, -0.2) is 9.55 Å². The zero-order chi connectivity index (χ0) is 37.7. The summed E-state index contributed by atoms with van der Waals surface area (Å²) >= 11 is 0. The maximum absolute atomic E-state index is 6.98. The lowest BCUT2D eigenvalue weighted by Crippen LogP contribution is -2.10. The van der Waals surface area contributed by atoms with Crippen molar-refractivity contribution in [1.82, 2.24) is 9.55 Å². The van der Waals surface area contributed by atoms with Gasteiger partial charge in [-0.1, -0.05) is 127 Å². The molecule has 0 radical (unpaired) electrons. The lowest BCUT2D eigenvalue weighted by molar-refractivity contribution is 0.430. The van der Waals surface area contributed by atoms with Gasteiger partial charge in [-0.05, 0) is 104 Å². The Bertz CT molecular complexity index is 3100. The van der Waals surface area contributed by atoms with E-state index in [1.807, 2.05) is 0 Å². The first-order valence-corrected chi connectivity index (χ1v) is 19.5. The van der Waals surface area contributed by atoms with Crippen molar-refractivity contribution < 1.29 is 8.83 Å². The number of fused-ring (bicyclic) bond motifs is 9. The summed E-state index contributed by atoms with van der Waals surface area (Å²) in [6.45, 7) is 15.8. The molecule has 0 bridgehead atoms. The first-order chi connectivity index (χ1) is 26.5. The third-order valence-electron chi connectivity index (χ3n) is 11.4. The predicted octanol–water partition coefficient (Wildman–Crippen LogP) is 14.9. The molecular formula is C51H44N2O2. The van der Waals surface area contributed by atoms with Crippen LogP contribution in [0.2, 0.25) is 0 Å². The van der Waals surface area contributed by atoms with Crippen LogP contribution in [0, 0.1) is 0 Å². The molecular weight excluding hydrogens is 673 g/mol. The molecule has 7 aromatic carbocycles. The standard InChI is InChI=1S/C51H44N2O2/c1-29(2)38-25-34(31-14-9-8-10-15-31)26-39(30(3)4)47(38)53-48-42-28-46(51(5,6)7)54-44(42)23-22-43(48)52-50(53)37-19-13-18-36-41-24-33-21-20-32-16-11-12-17-35(32)40(33)27-45(41)55-49(36)37/h8-30H,1-7H3. The molecule has 0 spiro atoms. The van der Waals surface area contributed by atoms with Crippen LogP contribution in [0.15, 0.2) is 136 Å². The van der Waals surface area contributed by atoms with E-state index in [9.17, 15) is 0 Å². The molecule has 4 nitrogen and oxygen atoms in total. The molecule has 0 aliphatic rings. The van der Waals surface area contributed by atoms with Crippen molar-refractivity contribution in [3.8, 4) is 28.2 Å². The Morgan fingerprint density at radius 1 is 0.545 bits per heavy atom. The lowest BCUT2D eigenvalue weighted by Gasteiger charge is -2.24. The van der Waals surface area contributed by atoms with Crippen LogP contribution >= 0.6 is 0 Å². The van der Waals surface area contributed by atoms with Gasteiger partial charge < -0.3 is 8.83 Å². The Labute approximate surface area is 321 Å². The van der Waals surface area contributed by atoms with Gasteiger partial charge >= 0.3 is 0 Å². The predicted molar refractivity (Wildman–Crippen MR) is 231 cm³/mol. The highest BCUT2D eigenvalue weighted by Crippen LogP contribution is 2.45. The molecule has 10 rings (SSSR count). The fraction of sp³-hybridized carbons (Fsp3) is 0.196. The topological polar surface area (TPSA) is 44.1 Å². The Morgan fingerprint density at radius 3 is 2.00 bits per heavy atom. The Morgan fingerprint density at radius 2 is 1.25 bits per heavy atom. The van der Waals surface area contributed by atoms with Gasteiger partial charge in [-0.25, -0.2) is 4.98 Å². The SMILES string of the molecule is CC(C)c1cc(-c2ccccc2)cc(C(C)C)c1-n1c(-c2cccc3c2oc2cc4c(ccc5ccccc54)cc23)nc2ccc3oc(C(C)(C)C)cc3c21. The maximum Gasteiger partial charge on any atom is 0.149 e. The van der Waals surface area contributed by atoms with Gasteiger partial charge in [0.05, 0.1) is 22.3 Å². The Hall–Kier alpha value is -6.13. The molecule has 0 fully saturated rings. The number of nitrogens with zero attached hydrogens (tertiary/aromatic N) is 2. The monoisotopic (exact) mass is 716 g/mol. The quantitative estimate of drug-likeness (QED) is 0.167. The van der Waals surface area contributed by atoms with E-state index in [1.165, 1.54) is 49.5 Å². The average molecular weight is 717 g/mol. The minimum atomic E-state index is -0.155. The van der Waals surface area contributed by atoms with E-state index in [2.05, 4.69) is 180 Å². The number of rotatable bonds is 5. The first kappa shape index (κ1) is 33.4. The van der Waals surface area contributed by atoms with E-state index in [1.54, 1.807) is 0 Å². The number of hydrogen-bond donors (Lipinski definition) is 0. The Balaban J connectivity index is 1.33. The Kier molecular flexibility index (Phi) is 7.41. The van der Waals surface area contributed by atoms with Gasteiger partial charge in [-0.2, -0.15) is 0 Å². The maximum atomic E-state index is 6.98. The van der Waals surface area contributed by atoms with Gasteiger partial charge in [0.15, 0.2) is 0 Å². The number of imidazole rings is 1. The van der Waals surface area contributed by atoms with E-state index < -0.39 is 0 Å². The smallest absolute Gasteiger partial charge is 0.149 e. The molecule has 0 N–H and O–H groups in total. The molecule has 270 valence electrons. The number of aromatic nitrogens is 2. The van der Waals surface area contributed by atoms with Crippen LogP contribution in [0.1, 0.15) is 77.2 Å². The molecule has 0 atom stereocenters. The largest absolute Gasteiger partial charge is 0.460 e. The van der Waals surface area contributed by atoms with Crippen LogP contribution in [-0.2, 0) is 5.41 Å². The van der Waals surface area contributed by atoms with Crippen LogP contribution in [0.3, 0.4) is 0 Å². The van der Waals surface area contributed by atoms with Crippen LogP contribution < -0.4 is 0 Å². The minimum Gasteiger partial charge on any atom is -0.460 e. The number of hydrogen-bond acceptors (Lipinski definition) is 3. The molecule has 4 heteroatoms. The van der Waals surface area contributed by atoms with Crippen molar-refractivity contribution in [1.29, 1.82) is 0 Å². The molecule has 3 aromatic heterocycles. The van der Waals surface area contributed by atoms with E-state index in [4.69, 9.17) is 13.8 Å². The summed E-state index contributed by atoms with van der Waals surface area (Å²) in [7, 11) is 0. The van der Waals surface area contributed by atoms with Crippen molar-refractivity contribution in [3.63, 3.8) is 0 Å². The van der Waals surface area contributed by atoms with Crippen molar-refractivity contribution in [2.24, 2.45) is 0 Å². The fourth-order valence-corrected chi connectivity index (χ4v) is 8.54. The highest BCUT2D eigenvalue weighted by molar-refractivity contribution is 6.18. The second-order valence-electron chi connectivity index (χ2n) is 16.8. The molecule has 0 aliphatic carbocycles. The minimum absolute atomic E-state index is 0.155. The number of furan rings is 2. The normalized spacial score (nSPS) is 12.6. The van der Waals surface area contributed by atoms with Crippen molar-refractivity contribution in [2.45, 2.75) is 65.7 Å². The number of benzene rings is 7. The fourth-order valence-electron chi connectivity index (χ4n) is 8.54. The molecule has 0 amide bonds. The zero-order valence-corrected chi connectivity index (χ0v) is 32.5. The third kappa shape index (κ3) is 5.22. The molecule has 55 heavy (non-hydrogen) atoms. The van der Waals surface area contributed by atoms with E-state index in [0.29, 0.717) is 0 Å². The molecule has 0 unspecified atom stereocenters. The summed E-state index contributed by atoms with van der Waals surface area (Å²) in [4.78, 5) is 5.54. The van der Waals surface area contributed by atoms with Gasteiger partial charge in [0.1, 0.15) is 28.3 Å². The van der Waals surface area contributed by atoms with E-state index in [0.717, 1.165) is 61.1 Å². The summed E-state index contributed by atoms with van der Waals surface area (Å²) in [5.41, 5.74) is 11.5. The molecule has 0 saturated heterocycles. The molecule has 10 aromatic rings. The van der Waals surface area contributed by atoms with Crippen LogP contribution in [0.4, 0.5) is 0 Å². The summed E-state index contributed by atoms with van der Waals surface area (Å²) in [5.74, 6) is 2.28. The van der Waals surface area contributed by atoms with Gasteiger partial charge in [0.25, 0.3) is 0 Å². The van der Waals surface area contributed by atoms with Gasteiger partial charge in [-0.15, -0.1) is 0 Å². The summed E-state index contributed by atoms with van der Waals surface area (Å²) in [6.07, 6.45) is 0. The lowest BCUT2D eigenvalue weighted by atomic mass is 9.88. The van der Waals surface area contributed by atoms with Crippen LogP contribution in [0.5, 0.6) is 0 Å². The van der Waals surface area contributed by atoms with Crippen molar-refractivity contribution >= 4 is 65.5 Å². The van der Waals surface area contributed by atoms with Gasteiger partial charge in [-0.3, -0.25) is 4.57 Å². The van der Waals surface area contributed by atoms with Crippen LogP contribution in [0.25, 0.3) is 93.7 Å². The van der Waals surface area contributed by atoms with E-state index >= 15 is 0 Å². The second kappa shape index (κ2) is 12.2. The molecule has 0 aliphatic heterocycles. The van der Waals surface area contributed by atoms with E-state index in [-0.39, 0.29) is 17.3 Å². The first-order valence-electron chi connectivity index (χ1n) is 19.5. The molecule has 0 saturated carbocycles. The van der Waals surface area contributed by atoms with Crippen molar-refractivity contribution in [3.05, 3.63) is 144 Å². The second-order valence-corrected chi connectivity index (χ2v) is 16.8. The van der Waals surface area contributed by atoms with Gasteiger partial charge in [0.2, 0.25) is 0 Å². The molecule has 3 heterocycles. The highest BCUT2D eigenvalue weighted by atomic mass is 16.3. The highest BCUT2D eigenvalue weighted by Gasteiger charge is 2.28. The third-order valence-corrected chi connectivity index (χ3v) is 11.4. The summed E-state index contributed by atoms with van der Waals surface area (Å²) in [5, 5.41) is 8.09. The summed E-state index contributed by atoms with van der Waals surface area (Å²) in [6, 6.07) is 46.0. The average Bonchev–Trinajstić information content (AvgIpc) is 3.90. The number of para-hydroxylation sites is 1. The van der Waals surface area contributed by atoms with Gasteiger partial charge in [0, 0.05) is 21.6 Å².